The van der Waals surface area contributed by atoms with E-state index in [0.717, 1.165) is 12.0 Å². The largest absolute Gasteiger partial charge is 0.481 e. The minimum atomic E-state index is -3.37. The van der Waals surface area contributed by atoms with Crippen molar-refractivity contribution in [1.29, 1.82) is 5.41 Å². The Morgan fingerprint density at radius 1 is 1.06 bits per heavy atom. The molecule has 0 aliphatic carbocycles. The van der Waals surface area contributed by atoms with Crippen molar-refractivity contribution in [3.63, 3.8) is 0 Å². The van der Waals surface area contributed by atoms with Gasteiger partial charge in [0, 0.05) is 23.1 Å². The molecule has 3 rings (SSSR count). The maximum atomic E-state index is 12.9. The molecule has 1 atom stereocenters. The third-order valence-electron chi connectivity index (χ3n) is 5.02. The van der Waals surface area contributed by atoms with Gasteiger partial charge in [-0.05, 0) is 42.3 Å². The molecule has 33 heavy (non-hydrogen) atoms. The summed E-state index contributed by atoms with van der Waals surface area (Å²) >= 11 is 0. The van der Waals surface area contributed by atoms with Crippen LogP contribution in [0.2, 0.25) is 0 Å². The highest BCUT2D eigenvalue weighted by Gasteiger charge is 2.20. The normalized spacial score (nSPS) is 12.1. The lowest BCUT2D eigenvalue weighted by Crippen LogP contribution is -2.33. The molecule has 7 nitrogen and oxygen atoms in total. The highest BCUT2D eigenvalue weighted by Crippen LogP contribution is 2.28. The van der Waals surface area contributed by atoms with Crippen LogP contribution in [0.1, 0.15) is 25.3 Å². The number of hydrogen-bond donors (Lipinski definition) is 3. The molecule has 0 spiro atoms. The van der Waals surface area contributed by atoms with Crippen molar-refractivity contribution in [3.8, 4) is 16.9 Å². The van der Waals surface area contributed by atoms with Crippen molar-refractivity contribution in [2.45, 2.75) is 30.8 Å². The van der Waals surface area contributed by atoms with Gasteiger partial charge in [0.05, 0.1) is 4.90 Å². The van der Waals surface area contributed by atoms with Crippen LogP contribution in [0, 0.1) is 5.41 Å². The van der Waals surface area contributed by atoms with Crippen molar-refractivity contribution in [2.75, 3.05) is 11.6 Å². The standard InChI is InChI=1S/C25H27N3O4S/c1-3-7-22(32-20-9-6-8-18(16-20)24(26)27)25(29)28-19-14-12-17(13-15-19)21-10-4-5-11-23(21)33(2,30)31/h4-6,8-16,22H,3,7H2,1-2H3,(H3,26,27)(H,28,29). The fourth-order valence-electron chi connectivity index (χ4n) is 3.39. The number of hydrogen-bond acceptors (Lipinski definition) is 5. The molecule has 0 aliphatic heterocycles. The van der Waals surface area contributed by atoms with Gasteiger partial charge < -0.3 is 15.8 Å². The number of rotatable bonds is 9. The van der Waals surface area contributed by atoms with E-state index >= 15 is 0 Å². The zero-order valence-electron chi connectivity index (χ0n) is 18.5. The number of anilines is 1. The Morgan fingerprint density at radius 3 is 2.39 bits per heavy atom. The Labute approximate surface area is 194 Å². The van der Waals surface area contributed by atoms with Gasteiger partial charge in [0.2, 0.25) is 0 Å². The summed E-state index contributed by atoms with van der Waals surface area (Å²) in [7, 11) is -3.37. The lowest BCUT2D eigenvalue weighted by molar-refractivity contribution is -0.123. The first-order chi connectivity index (χ1) is 15.7. The van der Waals surface area contributed by atoms with Gasteiger partial charge in [-0.3, -0.25) is 10.2 Å². The summed E-state index contributed by atoms with van der Waals surface area (Å²) in [5.41, 5.74) is 7.97. The molecule has 172 valence electrons. The topological polar surface area (TPSA) is 122 Å². The summed E-state index contributed by atoms with van der Waals surface area (Å²) < 4.78 is 30.1. The summed E-state index contributed by atoms with van der Waals surface area (Å²) in [4.78, 5) is 13.1. The van der Waals surface area contributed by atoms with Crippen LogP contribution >= 0.6 is 0 Å². The van der Waals surface area contributed by atoms with E-state index in [1.165, 1.54) is 6.26 Å². The van der Waals surface area contributed by atoms with Gasteiger partial charge >= 0.3 is 0 Å². The zero-order valence-corrected chi connectivity index (χ0v) is 19.4. The van der Waals surface area contributed by atoms with Gasteiger partial charge in [-0.2, -0.15) is 0 Å². The first-order valence-electron chi connectivity index (χ1n) is 10.5. The van der Waals surface area contributed by atoms with Crippen molar-refractivity contribution >= 4 is 27.3 Å². The molecular formula is C25H27N3O4S. The van der Waals surface area contributed by atoms with Crippen molar-refractivity contribution in [3.05, 3.63) is 78.4 Å². The summed E-state index contributed by atoms with van der Waals surface area (Å²) in [6.07, 6.45) is 1.71. The predicted molar refractivity (Wildman–Crippen MR) is 130 cm³/mol. The van der Waals surface area contributed by atoms with Crippen LogP contribution in [-0.4, -0.2) is 32.5 Å². The lowest BCUT2D eigenvalue weighted by Gasteiger charge is -2.19. The Bertz CT molecular complexity index is 1250. The Morgan fingerprint density at radius 2 is 1.76 bits per heavy atom. The van der Waals surface area contributed by atoms with Crippen molar-refractivity contribution < 1.29 is 17.9 Å². The second-order valence-corrected chi connectivity index (χ2v) is 9.66. The van der Waals surface area contributed by atoms with E-state index in [2.05, 4.69) is 5.32 Å². The second-order valence-electron chi connectivity index (χ2n) is 7.67. The molecule has 3 aromatic rings. The predicted octanol–water partition coefficient (Wildman–Crippen LogP) is 4.23. The number of nitrogens with one attached hydrogen (secondary N) is 2. The van der Waals surface area contributed by atoms with Crippen LogP contribution in [-0.2, 0) is 14.6 Å². The summed E-state index contributed by atoms with van der Waals surface area (Å²) in [6.45, 7) is 1.96. The minimum Gasteiger partial charge on any atom is -0.481 e. The fraction of sp³-hybridized carbons (Fsp3) is 0.200. The number of ether oxygens (including phenoxy) is 1. The fourth-order valence-corrected chi connectivity index (χ4v) is 4.30. The van der Waals surface area contributed by atoms with E-state index < -0.39 is 15.9 Å². The molecule has 4 N–H and O–H groups in total. The van der Waals surface area contributed by atoms with Crippen LogP contribution in [0.4, 0.5) is 5.69 Å². The third-order valence-corrected chi connectivity index (χ3v) is 6.17. The number of sulfone groups is 1. The highest BCUT2D eigenvalue weighted by molar-refractivity contribution is 7.90. The highest BCUT2D eigenvalue weighted by atomic mass is 32.2. The average Bonchev–Trinajstić information content (AvgIpc) is 2.79. The van der Waals surface area contributed by atoms with Gasteiger partial charge in [0.15, 0.2) is 15.9 Å². The van der Waals surface area contributed by atoms with Gasteiger partial charge in [0.25, 0.3) is 5.91 Å². The molecule has 1 amide bonds. The Balaban J connectivity index is 1.76. The number of benzene rings is 3. The molecule has 0 aromatic heterocycles. The van der Waals surface area contributed by atoms with Crippen LogP contribution in [0.5, 0.6) is 5.75 Å². The molecule has 0 saturated carbocycles. The first-order valence-corrected chi connectivity index (χ1v) is 12.4. The monoisotopic (exact) mass is 465 g/mol. The second kappa shape index (κ2) is 10.3. The average molecular weight is 466 g/mol. The first kappa shape index (κ1) is 24.0. The maximum absolute atomic E-state index is 12.9. The molecule has 0 saturated heterocycles. The molecular weight excluding hydrogens is 438 g/mol. The number of nitrogens with two attached hydrogens (primary N) is 1. The quantitative estimate of drug-likeness (QED) is 0.322. The van der Waals surface area contributed by atoms with E-state index in [1.807, 2.05) is 6.92 Å². The molecule has 8 heteroatoms. The molecule has 0 fully saturated rings. The molecule has 3 aromatic carbocycles. The molecule has 0 bridgehead atoms. The number of carbonyl (C=O) groups is 1. The zero-order chi connectivity index (χ0) is 24.0. The third kappa shape index (κ3) is 6.20. The van der Waals surface area contributed by atoms with Crippen molar-refractivity contribution in [2.24, 2.45) is 5.73 Å². The summed E-state index contributed by atoms with van der Waals surface area (Å²) in [6, 6.07) is 20.6. The molecule has 0 heterocycles. The Kier molecular flexibility index (Phi) is 7.50. The summed E-state index contributed by atoms with van der Waals surface area (Å²) in [5.74, 6) is 0.0906. The molecule has 0 radical (unpaired) electrons. The molecule has 0 aliphatic rings. The van der Waals surface area contributed by atoms with Gasteiger partial charge in [0.1, 0.15) is 11.6 Å². The smallest absolute Gasteiger partial charge is 0.265 e. The summed E-state index contributed by atoms with van der Waals surface area (Å²) in [5, 5.41) is 10.4. The Hall–Kier alpha value is -3.65. The van der Waals surface area contributed by atoms with Gasteiger partial charge in [-0.1, -0.05) is 55.8 Å². The maximum Gasteiger partial charge on any atom is 0.265 e. The van der Waals surface area contributed by atoms with Crippen LogP contribution < -0.4 is 15.8 Å². The van der Waals surface area contributed by atoms with Crippen LogP contribution in [0.15, 0.2) is 77.7 Å². The van der Waals surface area contributed by atoms with Gasteiger partial charge in [-0.15, -0.1) is 0 Å². The van der Waals surface area contributed by atoms with Gasteiger partial charge in [-0.25, -0.2) is 8.42 Å². The van der Waals surface area contributed by atoms with E-state index in [0.29, 0.717) is 29.0 Å². The number of nitrogen functional groups attached to an aromatic ring is 1. The SMILES string of the molecule is CCCC(Oc1cccc(C(=N)N)c1)C(=O)Nc1ccc(-c2ccccc2S(C)(=O)=O)cc1. The van der Waals surface area contributed by atoms with E-state index in [9.17, 15) is 13.2 Å². The van der Waals surface area contributed by atoms with E-state index in [1.54, 1.807) is 72.8 Å². The van der Waals surface area contributed by atoms with E-state index in [4.69, 9.17) is 15.9 Å². The number of amides is 1. The van der Waals surface area contributed by atoms with E-state index in [-0.39, 0.29) is 16.6 Å². The minimum absolute atomic E-state index is 0.0746. The van der Waals surface area contributed by atoms with Crippen LogP contribution in [0.3, 0.4) is 0 Å². The van der Waals surface area contributed by atoms with Crippen LogP contribution in [0.25, 0.3) is 11.1 Å². The number of carbonyl (C=O) groups excluding carboxylic acids is 1. The van der Waals surface area contributed by atoms with Crippen molar-refractivity contribution in [1.82, 2.24) is 0 Å². The lowest BCUT2D eigenvalue weighted by atomic mass is 10.1. The number of amidine groups is 1. The molecule has 1 unspecified atom stereocenters.